The number of carbonyl (C=O) groups is 4. The Hall–Kier alpha value is -3.70. The van der Waals surface area contributed by atoms with Crippen molar-refractivity contribution in [2.24, 2.45) is 0 Å². The molecule has 388 valence electrons. The highest BCUT2D eigenvalue weighted by Gasteiger charge is 1.96. The molecule has 5 heteroatoms. The minimum atomic E-state index is 0.314. The number of hydrogen-bond donors (Lipinski definition) is 1. The van der Waals surface area contributed by atoms with Gasteiger partial charge in [-0.05, 0) is 152 Å². The molecular formula is C62H110O5. The third-order valence-corrected chi connectivity index (χ3v) is 9.90. The summed E-state index contributed by atoms with van der Waals surface area (Å²) in [6.07, 6.45) is 65.7. The van der Waals surface area contributed by atoms with Crippen molar-refractivity contribution in [3.05, 3.63) is 111 Å². The van der Waals surface area contributed by atoms with Gasteiger partial charge in [0.05, 0.1) is 0 Å². The molecule has 0 saturated carbocycles. The number of aliphatic hydroxyl groups excluding tert-OH is 1. The van der Waals surface area contributed by atoms with Gasteiger partial charge in [-0.15, -0.1) is 13.2 Å². The van der Waals surface area contributed by atoms with Gasteiger partial charge in [-0.2, -0.15) is 0 Å². The molecule has 0 aromatic heterocycles. The van der Waals surface area contributed by atoms with Gasteiger partial charge in [0.2, 0.25) is 0 Å². The summed E-state index contributed by atoms with van der Waals surface area (Å²) in [5, 5.41) is 8.55. The molecule has 0 radical (unpaired) electrons. The molecule has 0 atom stereocenters. The minimum absolute atomic E-state index is 0.314. The highest BCUT2D eigenvalue weighted by molar-refractivity contribution is 5.76. The van der Waals surface area contributed by atoms with E-state index >= 15 is 0 Å². The van der Waals surface area contributed by atoms with E-state index in [0.29, 0.717) is 29.7 Å². The molecule has 0 fully saturated rings. The number of unbranched alkanes of at least 4 members (excludes halogenated alkanes) is 22. The predicted molar refractivity (Wildman–Crippen MR) is 301 cm³/mol. The van der Waals surface area contributed by atoms with Gasteiger partial charge in [0, 0.05) is 32.3 Å². The van der Waals surface area contributed by atoms with Crippen LogP contribution in [0.25, 0.3) is 0 Å². The fraction of sp³-hybridized carbons (Fsp3) is 0.645. The first kappa shape index (κ1) is 74.8. The van der Waals surface area contributed by atoms with E-state index in [9.17, 15) is 19.2 Å². The number of Topliss-reactive ketones (excluding diaryl/α,β-unsaturated/α-hetero) is 4. The second-order valence-corrected chi connectivity index (χ2v) is 17.1. The lowest BCUT2D eigenvalue weighted by molar-refractivity contribution is -0.117. The summed E-state index contributed by atoms with van der Waals surface area (Å²) in [4.78, 5) is 42.3. The Balaban J connectivity index is -0.000000169. The van der Waals surface area contributed by atoms with Crippen LogP contribution in [-0.4, -0.2) is 34.8 Å². The third-order valence-electron chi connectivity index (χ3n) is 9.90. The molecule has 0 aromatic rings. The van der Waals surface area contributed by atoms with Gasteiger partial charge in [0.1, 0.15) is 23.1 Å². The molecule has 0 aromatic carbocycles. The van der Waals surface area contributed by atoms with Crippen molar-refractivity contribution in [1.29, 1.82) is 0 Å². The maximum atomic E-state index is 10.6. The fourth-order valence-electron chi connectivity index (χ4n) is 5.97. The van der Waals surface area contributed by atoms with E-state index in [1.165, 1.54) is 122 Å². The molecule has 1 N–H and O–H groups in total. The van der Waals surface area contributed by atoms with Crippen molar-refractivity contribution in [3.63, 3.8) is 0 Å². The molecule has 0 spiro atoms. The molecule has 0 heterocycles. The van der Waals surface area contributed by atoms with Crippen LogP contribution in [0.1, 0.15) is 254 Å². The number of carbonyl (C=O) groups excluding carboxylic acids is 4. The topological polar surface area (TPSA) is 88.5 Å². The van der Waals surface area contributed by atoms with Crippen molar-refractivity contribution >= 4 is 23.1 Å². The lowest BCUT2D eigenvalue weighted by atomic mass is 10.1. The zero-order valence-electron chi connectivity index (χ0n) is 45.5. The summed E-state index contributed by atoms with van der Waals surface area (Å²) in [7, 11) is 0. The molecule has 67 heavy (non-hydrogen) atoms. The fourth-order valence-corrected chi connectivity index (χ4v) is 5.97. The Labute approximate surface area is 417 Å². The Morgan fingerprint density at radius 1 is 0.328 bits per heavy atom. The molecule has 0 aliphatic rings. The molecule has 0 bridgehead atoms. The van der Waals surface area contributed by atoms with E-state index in [1.54, 1.807) is 33.8 Å². The maximum absolute atomic E-state index is 10.6. The van der Waals surface area contributed by atoms with Crippen LogP contribution in [0.2, 0.25) is 0 Å². The summed E-state index contributed by atoms with van der Waals surface area (Å²) in [5.41, 5.74) is 0. The second kappa shape index (κ2) is 76.6. The Morgan fingerprint density at radius 2 is 0.597 bits per heavy atom. The van der Waals surface area contributed by atoms with Crippen molar-refractivity contribution in [2.75, 3.05) is 6.61 Å². The first-order chi connectivity index (χ1) is 32.4. The molecule has 0 aliphatic heterocycles. The number of allylic oxidation sites excluding steroid dienone is 15. The van der Waals surface area contributed by atoms with E-state index < -0.39 is 0 Å². The van der Waals surface area contributed by atoms with Crippen LogP contribution in [0.4, 0.5) is 0 Å². The first-order valence-electron chi connectivity index (χ1n) is 26.6. The lowest BCUT2D eigenvalue weighted by Crippen LogP contribution is -1.88. The van der Waals surface area contributed by atoms with Gasteiger partial charge in [-0.1, -0.05) is 175 Å². The maximum Gasteiger partial charge on any atom is 0.129 e. The van der Waals surface area contributed by atoms with Crippen molar-refractivity contribution in [1.82, 2.24) is 0 Å². The molecule has 0 amide bonds. The summed E-state index contributed by atoms with van der Waals surface area (Å²) in [5.74, 6) is 1.27. The smallest absolute Gasteiger partial charge is 0.129 e. The van der Waals surface area contributed by atoms with Gasteiger partial charge in [0.15, 0.2) is 0 Å². The first-order valence-corrected chi connectivity index (χ1v) is 26.6. The second-order valence-electron chi connectivity index (χ2n) is 17.1. The van der Waals surface area contributed by atoms with Crippen LogP contribution in [0.5, 0.6) is 0 Å². The summed E-state index contributed by atoms with van der Waals surface area (Å²) in [6.45, 7) is 25.8. The number of rotatable bonds is 39. The van der Waals surface area contributed by atoms with Gasteiger partial charge in [-0.25, -0.2) is 0 Å². The van der Waals surface area contributed by atoms with Gasteiger partial charge in [-0.3, -0.25) is 0 Å². The molecule has 0 saturated heterocycles. The van der Waals surface area contributed by atoms with Crippen LogP contribution in [0.3, 0.4) is 0 Å². The van der Waals surface area contributed by atoms with Crippen LogP contribution in [0, 0.1) is 0 Å². The summed E-state index contributed by atoms with van der Waals surface area (Å²) in [6, 6.07) is 0. The molecule has 0 aliphatic carbocycles. The lowest BCUT2D eigenvalue weighted by Gasteiger charge is -1.97. The Bertz CT molecular complexity index is 1230. The molecule has 5 nitrogen and oxygen atoms in total. The third kappa shape index (κ3) is 110. The van der Waals surface area contributed by atoms with Gasteiger partial charge in [0.25, 0.3) is 0 Å². The number of hydrogen-bond acceptors (Lipinski definition) is 5. The predicted octanol–water partition coefficient (Wildman–Crippen LogP) is 19.3. The average molecular weight is 936 g/mol. The highest BCUT2D eigenvalue weighted by atomic mass is 16.3. The van der Waals surface area contributed by atoms with E-state index in [4.69, 9.17) is 5.11 Å². The highest BCUT2D eigenvalue weighted by Crippen LogP contribution is 2.09. The zero-order chi connectivity index (χ0) is 51.5. The Kier molecular flexibility index (Phi) is 85.5. The van der Waals surface area contributed by atoms with Crippen molar-refractivity contribution < 1.29 is 24.3 Å². The van der Waals surface area contributed by atoms with Crippen LogP contribution in [-0.2, 0) is 19.2 Å². The summed E-state index contributed by atoms with van der Waals surface area (Å²) < 4.78 is 0. The van der Waals surface area contributed by atoms with Crippen molar-refractivity contribution in [3.8, 4) is 0 Å². The summed E-state index contributed by atoms with van der Waals surface area (Å²) >= 11 is 0. The standard InChI is InChI=1S/C13H22O.C12H22O.2C11H20O.C10H18O.C5H8/c1-3-4-5-6-7-8-9-10-11-12-13(2)14;1-2-3-4-5-6-7-8-9-10-11-12-13;2*1-3-4-5-6-7-8-9-10-11(2)12;1-3-4-5-6-7-8-9-10(2)11;1-3-5-4-2/h3-6H,7-12H2,1-2H3;2-5,13H,6-12H2,1H3;3-4H,5-10H2,1-2H3;3H,1,4-10H2,2H3;3H,1,4-9H2,2H3;3-5H,1H2,2H3/b4-3+,6-5?;3-2+,5-4?;;;;5-4+. The molecule has 0 rings (SSSR count). The zero-order valence-corrected chi connectivity index (χ0v) is 45.5. The molecule has 0 unspecified atom stereocenters. The largest absolute Gasteiger partial charge is 0.396 e. The monoisotopic (exact) mass is 935 g/mol. The number of aliphatic hydroxyl groups is 1. The Morgan fingerprint density at radius 3 is 0.836 bits per heavy atom. The van der Waals surface area contributed by atoms with Crippen molar-refractivity contribution in [2.45, 2.75) is 254 Å². The molecular weight excluding hydrogens is 825 g/mol. The number of ketones is 4. The van der Waals surface area contributed by atoms with E-state index in [1.807, 2.05) is 57.2 Å². The van der Waals surface area contributed by atoms with E-state index in [-0.39, 0.29) is 0 Å². The van der Waals surface area contributed by atoms with Gasteiger partial charge < -0.3 is 24.3 Å². The normalized spacial score (nSPS) is 10.6. The van der Waals surface area contributed by atoms with Gasteiger partial charge >= 0.3 is 0 Å². The SMILES string of the molecule is C/C=C/C=CCCCCCCC(C)=O.C/C=C/C=CCCCCCCCO.C=C/C=C/C.C=CCCCCCCC(C)=O.C=CCCCCCCCC(C)=O.CC=CCCCCCCC(C)=O. The van der Waals surface area contributed by atoms with Crippen LogP contribution in [0.15, 0.2) is 111 Å². The quantitative estimate of drug-likeness (QED) is 0.0377. The minimum Gasteiger partial charge on any atom is -0.396 e. The average Bonchev–Trinajstić information content (AvgIpc) is 3.29. The van der Waals surface area contributed by atoms with E-state index in [0.717, 1.165) is 77.0 Å². The van der Waals surface area contributed by atoms with E-state index in [2.05, 4.69) is 75.3 Å². The van der Waals surface area contributed by atoms with Crippen LogP contribution >= 0.6 is 0 Å². The van der Waals surface area contributed by atoms with Crippen LogP contribution < -0.4 is 0 Å².